The van der Waals surface area contributed by atoms with Crippen molar-refractivity contribution >= 4 is 33.2 Å². The van der Waals surface area contributed by atoms with Gasteiger partial charge in [-0.15, -0.1) is 11.6 Å². The highest BCUT2D eigenvalue weighted by Gasteiger charge is 2.33. The molecule has 2 atom stereocenters. The summed E-state index contributed by atoms with van der Waals surface area (Å²) in [6.07, 6.45) is 4.10. The molecule has 2 aliphatic heterocycles. The van der Waals surface area contributed by atoms with Crippen LogP contribution in [0.1, 0.15) is 31.7 Å². The Morgan fingerprint density at radius 1 is 1.30 bits per heavy atom. The fraction of sp³-hybridized carbons (Fsp3) is 0.625. The Bertz CT molecular complexity index is 480. The van der Waals surface area contributed by atoms with Gasteiger partial charge in [0.15, 0.2) is 0 Å². The van der Waals surface area contributed by atoms with E-state index >= 15 is 0 Å². The van der Waals surface area contributed by atoms with Crippen molar-refractivity contribution in [2.75, 3.05) is 24.5 Å². The van der Waals surface area contributed by atoms with Gasteiger partial charge in [0.05, 0.1) is 5.69 Å². The number of nitrogens with zero attached hydrogens (tertiary/aromatic N) is 2. The van der Waals surface area contributed by atoms with Crippen molar-refractivity contribution in [2.45, 2.75) is 44.1 Å². The van der Waals surface area contributed by atoms with Crippen LogP contribution in [-0.2, 0) is 5.88 Å². The highest BCUT2D eigenvalue weighted by molar-refractivity contribution is 9.10. The van der Waals surface area contributed by atoms with E-state index in [0.29, 0.717) is 11.9 Å². The normalized spacial score (nSPS) is 27.4. The van der Waals surface area contributed by atoms with Gasteiger partial charge in [0.1, 0.15) is 0 Å². The number of benzene rings is 1. The number of rotatable bonds is 2. The van der Waals surface area contributed by atoms with Gasteiger partial charge in [0.2, 0.25) is 0 Å². The monoisotopic (exact) mass is 356 g/mol. The van der Waals surface area contributed by atoms with Gasteiger partial charge in [-0.3, -0.25) is 4.90 Å². The topological polar surface area (TPSA) is 6.48 Å². The fourth-order valence-electron chi connectivity index (χ4n) is 3.55. The molecule has 2 saturated heterocycles. The molecule has 2 nitrogen and oxygen atoms in total. The summed E-state index contributed by atoms with van der Waals surface area (Å²) in [6.45, 7) is 5.97. The van der Waals surface area contributed by atoms with E-state index in [1.807, 2.05) is 0 Å². The van der Waals surface area contributed by atoms with Crippen LogP contribution in [0.2, 0.25) is 0 Å². The van der Waals surface area contributed by atoms with Crippen molar-refractivity contribution in [1.29, 1.82) is 0 Å². The summed E-state index contributed by atoms with van der Waals surface area (Å²) in [7, 11) is 0. The van der Waals surface area contributed by atoms with Crippen molar-refractivity contribution in [2.24, 2.45) is 0 Å². The summed E-state index contributed by atoms with van der Waals surface area (Å²) in [5.74, 6) is 0.574. The highest BCUT2D eigenvalue weighted by Crippen LogP contribution is 2.33. The van der Waals surface area contributed by atoms with E-state index in [1.165, 1.54) is 48.1 Å². The van der Waals surface area contributed by atoms with Gasteiger partial charge < -0.3 is 4.90 Å². The highest BCUT2D eigenvalue weighted by atomic mass is 79.9. The van der Waals surface area contributed by atoms with E-state index in [4.69, 9.17) is 11.6 Å². The maximum atomic E-state index is 5.92. The molecule has 4 heteroatoms. The van der Waals surface area contributed by atoms with E-state index in [9.17, 15) is 0 Å². The molecule has 2 aliphatic rings. The van der Waals surface area contributed by atoms with Crippen molar-refractivity contribution in [3.8, 4) is 0 Å². The summed E-state index contributed by atoms with van der Waals surface area (Å²) in [4.78, 5) is 5.25. The minimum atomic E-state index is 0.572. The van der Waals surface area contributed by atoms with Gasteiger partial charge in [-0.05, 0) is 59.9 Å². The molecular formula is C16H22BrClN2. The number of piperidine rings is 1. The lowest BCUT2D eigenvalue weighted by atomic mass is 9.96. The zero-order valence-corrected chi connectivity index (χ0v) is 14.3. The molecule has 0 amide bonds. The zero-order chi connectivity index (χ0) is 14.1. The maximum absolute atomic E-state index is 5.92. The quantitative estimate of drug-likeness (QED) is 0.730. The Hall–Kier alpha value is -0.250. The van der Waals surface area contributed by atoms with Crippen LogP contribution in [0.4, 0.5) is 5.69 Å². The second kappa shape index (κ2) is 6.25. The number of halogens is 2. The van der Waals surface area contributed by atoms with Crippen LogP contribution >= 0.6 is 27.5 Å². The second-order valence-electron chi connectivity index (χ2n) is 6.07. The first-order valence-corrected chi connectivity index (χ1v) is 8.87. The molecule has 3 rings (SSSR count). The fourth-order valence-corrected chi connectivity index (χ4v) is 4.37. The molecule has 1 aromatic carbocycles. The SMILES string of the molecule is CC1CN2CCCCC2CN1c1ccc(CCl)cc1Br. The van der Waals surface area contributed by atoms with Crippen LogP contribution < -0.4 is 4.90 Å². The Morgan fingerprint density at radius 3 is 2.90 bits per heavy atom. The molecule has 2 heterocycles. The Labute approximate surface area is 135 Å². The largest absolute Gasteiger partial charge is 0.365 e. The van der Waals surface area contributed by atoms with Crippen LogP contribution in [0.5, 0.6) is 0 Å². The van der Waals surface area contributed by atoms with E-state index < -0.39 is 0 Å². The molecule has 0 aliphatic carbocycles. The average Bonchev–Trinajstić information content (AvgIpc) is 2.46. The molecular weight excluding hydrogens is 336 g/mol. The van der Waals surface area contributed by atoms with Crippen molar-refractivity contribution < 1.29 is 0 Å². The van der Waals surface area contributed by atoms with Gasteiger partial charge in [0, 0.05) is 35.5 Å². The van der Waals surface area contributed by atoms with Gasteiger partial charge in [0.25, 0.3) is 0 Å². The van der Waals surface area contributed by atoms with E-state index in [0.717, 1.165) is 12.6 Å². The lowest BCUT2D eigenvalue weighted by Gasteiger charge is -2.48. The van der Waals surface area contributed by atoms with Crippen molar-refractivity contribution in [3.63, 3.8) is 0 Å². The summed E-state index contributed by atoms with van der Waals surface area (Å²) in [5.41, 5.74) is 2.49. The molecule has 0 spiro atoms. The third-order valence-corrected chi connectivity index (χ3v) is 5.61. The number of piperazine rings is 1. The number of fused-ring (bicyclic) bond motifs is 1. The minimum Gasteiger partial charge on any atom is -0.365 e. The number of hydrogen-bond acceptors (Lipinski definition) is 2. The van der Waals surface area contributed by atoms with Crippen LogP contribution in [0.15, 0.2) is 22.7 Å². The molecule has 0 radical (unpaired) electrons. The van der Waals surface area contributed by atoms with Gasteiger partial charge >= 0.3 is 0 Å². The molecule has 0 bridgehead atoms. The predicted molar refractivity (Wildman–Crippen MR) is 89.7 cm³/mol. The summed E-state index contributed by atoms with van der Waals surface area (Å²) in [6, 6.07) is 7.83. The maximum Gasteiger partial charge on any atom is 0.0514 e. The van der Waals surface area contributed by atoms with Gasteiger partial charge in [-0.1, -0.05) is 12.5 Å². The van der Waals surface area contributed by atoms with Crippen LogP contribution in [0.3, 0.4) is 0 Å². The first-order chi connectivity index (χ1) is 9.69. The predicted octanol–water partition coefficient (Wildman–Crippen LogP) is 4.25. The molecule has 2 unspecified atom stereocenters. The summed E-state index contributed by atoms with van der Waals surface area (Å²) >= 11 is 9.64. The number of alkyl halides is 1. The van der Waals surface area contributed by atoms with Crippen LogP contribution in [-0.4, -0.2) is 36.6 Å². The van der Waals surface area contributed by atoms with Gasteiger partial charge in [-0.2, -0.15) is 0 Å². The minimum absolute atomic E-state index is 0.572. The molecule has 0 N–H and O–H groups in total. The van der Waals surface area contributed by atoms with E-state index in [2.05, 4.69) is 50.9 Å². The Kier molecular flexibility index (Phi) is 4.58. The molecule has 0 aromatic heterocycles. The van der Waals surface area contributed by atoms with Crippen molar-refractivity contribution in [1.82, 2.24) is 4.90 Å². The molecule has 1 aromatic rings. The third-order valence-electron chi connectivity index (χ3n) is 4.66. The van der Waals surface area contributed by atoms with Crippen molar-refractivity contribution in [3.05, 3.63) is 28.2 Å². The van der Waals surface area contributed by atoms with Gasteiger partial charge in [-0.25, -0.2) is 0 Å². The molecule has 2 fully saturated rings. The summed E-state index contributed by atoms with van der Waals surface area (Å²) in [5, 5.41) is 0. The smallest absolute Gasteiger partial charge is 0.0514 e. The molecule has 110 valence electrons. The molecule has 0 saturated carbocycles. The lowest BCUT2D eigenvalue weighted by Crippen LogP contribution is -2.58. The van der Waals surface area contributed by atoms with Crippen LogP contribution in [0.25, 0.3) is 0 Å². The Balaban J connectivity index is 1.82. The zero-order valence-electron chi connectivity index (χ0n) is 12.0. The van der Waals surface area contributed by atoms with E-state index in [-0.39, 0.29) is 0 Å². The Morgan fingerprint density at radius 2 is 2.15 bits per heavy atom. The number of hydrogen-bond donors (Lipinski definition) is 0. The lowest BCUT2D eigenvalue weighted by molar-refractivity contribution is 0.115. The standard InChI is InChI=1S/C16H22BrClN2/c1-12-10-19-7-3-2-4-14(19)11-20(12)16-6-5-13(9-18)8-15(16)17/h5-6,8,12,14H,2-4,7,9-11H2,1H3. The first-order valence-electron chi connectivity index (χ1n) is 7.54. The average molecular weight is 358 g/mol. The second-order valence-corrected chi connectivity index (χ2v) is 7.19. The van der Waals surface area contributed by atoms with Crippen LogP contribution in [0, 0.1) is 0 Å². The van der Waals surface area contributed by atoms with E-state index in [1.54, 1.807) is 0 Å². The first kappa shape index (κ1) is 14.7. The third kappa shape index (κ3) is 2.86. The number of anilines is 1. The summed E-state index contributed by atoms with van der Waals surface area (Å²) < 4.78 is 1.17. The molecule has 20 heavy (non-hydrogen) atoms.